The van der Waals surface area contributed by atoms with Crippen LogP contribution in [0, 0.1) is 0 Å². The van der Waals surface area contributed by atoms with E-state index < -0.39 is 12.7 Å². The molecule has 1 amide bonds. The highest BCUT2D eigenvalue weighted by molar-refractivity contribution is 5.97. The Labute approximate surface area is 148 Å². The summed E-state index contributed by atoms with van der Waals surface area (Å²) in [7, 11) is 1.46. The zero-order valence-corrected chi connectivity index (χ0v) is 14.1. The van der Waals surface area contributed by atoms with Crippen molar-refractivity contribution in [3.8, 4) is 11.5 Å². The third kappa shape index (κ3) is 3.68. The van der Waals surface area contributed by atoms with E-state index in [2.05, 4.69) is 10.1 Å². The molecule has 0 saturated heterocycles. The molecule has 2 heterocycles. The average molecular weight is 364 g/mol. The Balaban J connectivity index is 1.74. The zero-order chi connectivity index (χ0) is 18.7. The molecular formula is C18H18F2N2O4. The van der Waals surface area contributed by atoms with Crippen LogP contribution in [0.2, 0.25) is 0 Å². The van der Waals surface area contributed by atoms with E-state index in [0.29, 0.717) is 29.8 Å². The molecule has 0 saturated carbocycles. The zero-order valence-electron chi connectivity index (χ0n) is 14.1. The van der Waals surface area contributed by atoms with Crippen molar-refractivity contribution in [1.82, 2.24) is 9.88 Å². The fourth-order valence-corrected chi connectivity index (χ4v) is 3.03. The number of ether oxygens (including phenoxy) is 2. The number of rotatable bonds is 6. The summed E-state index contributed by atoms with van der Waals surface area (Å²) in [4.78, 5) is 24.4. The van der Waals surface area contributed by atoms with Gasteiger partial charge in [0, 0.05) is 24.7 Å². The number of carbonyl (C=O) groups excluding carboxylic acids is 2. The van der Waals surface area contributed by atoms with E-state index in [9.17, 15) is 18.4 Å². The lowest BCUT2D eigenvalue weighted by Crippen LogP contribution is -2.35. The molecule has 1 unspecified atom stereocenters. The van der Waals surface area contributed by atoms with E-state index in [0.717, 1.165) is 0 Å². The number of Topliss-reactive ketones (excluding diaryl/α,β-unsaturated/α-hetero) is 1. The summed E-state index contributed by atoms with van der Waals surface area (Å²) in [5, 5.41) is 2.73. The smallest absolute Gasteiger partial charge is 0.387 e. The molecule has 0 bridgehead atoms. The molecule has 0 fully saturated rings. The van der Waals surface area contributed by atoms with E-state index in [1.165, 1.54) is 25.3 Å². The maximum absolute atomic E-state index is 12.6. The van der Waals surface area contributed by atoms with Gasteiger partial charge in [0.05, 0.1) is 12.8 Å². The number of aromatic nitrogens is 1. The van der Waals surface area contributed by atoms with Crippen molar-refractivity contribution in [3.63, 3.8) is 0 Å². The summed E-state index contributed by atoms with van der Waals surface area (Å²) in [6.07, 6.45) is 2.37. The lowest BCUT2D eigenvalue weighted by Gasteiger charge is -2.24. The van der Waals surface area contributed by atoms with Crippen LogP contribution in [0.5, 0.6) is 11.5 Å². The number of amides is 1. The van der Waals surface area contributed by atoms with E-state index in [1.54, 1.807) is 22.9 Å². The van der Waals surface area contributed by atoms with Gasteiger partial charge < -0.3 is 19.4 Å². The average Bonchev–Trinajstić information content (AvgIpc) is 3.11. The Hall–Kier alpha value is -2.90. The molecule has 138 valence electrons. The van der Waals surface area contributed by atoms with Gasteiger partial charge in [0.1, 0.15) is 17.5 Å². The van der Waals surface area contributed by atoms with Crippen molar-refractivity contribution in [1.29, 1.82) is 0 Å². The quantitative estimate of drug-likeness (QED) is 0.856. The Kier molecular flexibility index (Phi) is 5.20. The number of nitrogens with zero attached hydrogens (tertiary/aromatic N) is 1. The number of nitrogens with one attached hydrogen (secondary N) is 1. The van der Waals surface area contributed by atoms with Crippen molar-refractivity contribution in [3.05, 3.63) is 47.8 Å². The lowest BCUT2D eigenvalue weighted by atomic mass is 10.0. The van der Waals surface area contributed by atoms with Gasteiger partial charge >= 0.3 is 6.61 Å². The van der Waals surface area contributed by atoms with Crippen LogP contribution in [0.4, 0.5) is 8.78 Å². The van der Waals surface area contributed by atoms with E-state index in [1.807, 2.05) is 0 Å². The molecule has 1 aromatic heterocycles. The first-order valence-electron chi connectivity index (χ1n) is 8.09. The first-order chi connectivity index (χ1) is 12.5. The summed E-state index contributed by atoms with van der Waals surface area (Å²) in [5.74, 6) is 0.147. The molecule has 1 aliphatic heterocycles. The minimum Gasteiger partial charge on any atom is -0.497 e. The van der Waals surface area contributed by atoms with Crippen molar-refractivity contribution < 1.29 is 27.8 Å². The minimum atomic E-state index is -2.97. The highest BCUT2D eigenvalue weighted by atomic mass is 19.3. The molecule has 0 spiro atoms. The third-order valence-corrected chi connectivity index (χ3v) is 4.28. The van der Waals surface area contributed by atoms with Crippen molar-refractivity contribution in [2.24, 2.45) is 0 Å². The number of ketones is 1. The summed E-state index contributed by atoms with van der Waals surface area (Å²) >= 11 is 0. The number of methoxy groups -OCH3 is 1. The molecule has 1 atom stereocenters. The standard InChI is InChI=1S/C18H18F2N2O4/c1-25-12-4-7-16(26-18(19)20)11(9-12)10-21-17(24)14-5-6-15(23)13-3-2-8-22(13)14/h2-4,7-9,14,18H,5-6,10H2,1H3,(H,21,24). The molecule has 3 rings (SSSR count). The number of carbonyl (C=O) groups is 2. The maximum Gasteiger partial charge on any atom is 0.387 e. The summed E-state index contributed by atoms with van der Waals surface area (Å²) in [6.45, 7) is -2.97. The number of hydrogen-bond donors (Lipinski definition) is 1. The fourth-order valence-electron chi connectivity index (χ4n) is 3.03. The lowest BCUT2D eigenvalue weighted by molar-refractivity contribution is -0.124. The van der Waals surface area contributed by atoms with Crippen LogP contribution in [-0.2, 0) is 11.3 Å². The van der Waals surface area contributed by atoms with Gasteiger partial charge in [-0.05, 0) is 36.8 Å². The van der Waals surface area contributed by atoms with Gasteiger partial charge in [0.15, 0.2) is 5.78 Å². The van der Waals surface area contributed by atoms with E-state index in [4.69, 9.17) is 4.74 Å². The van der Waals surface area contributed by atoms with Crippen LogP contribution in [0.1, 0.15) is 34.9 Å². The van der Waals surface area contributed by atoms with Crippen LogP contribution in [0.15, 0.2) is 36.5 Å². The van der Waals surface area contributed by atoms with Crippen molar-refractivity contribution >= 4 is 11.7 Å². The van der Waals surface area contributed by atoms with Crippen molar-refractivity contribution in [2.45, 2.75) is 32.0 Å². The number of benzene rings is 1. The maximum atomic E-state index is 12.6. The Morgan fingerprint density at radius 2 is 2.19 bits per heavy atom. The normalized spacial score (nSPS) is 16.3. The first-order valence-corrected chi connectivity index (χ1v) is 8.09. The van der Waals surface area contributed by atoms with Crippen LogP contribution in [0.3, 0.4) is 0 Å². The summed E-state index contributed by atoms with van der Waals surface area (Å²) in [5.41, 5.74) is 0.872. The highest BCUT2D eigenvalue weighted by Gasteiger charge is 2.29. The molecule has 1 N–H and O–H groups in total. The van der Waals surface area contributed by atoms with Crippen molar-refractivity contribution in [2.75, 3.05) is 7.11 Å². The molecule has 26 heavy (non-hydrogen) atoms. The van der Waals surface area contributed by atoms with E-state index >= 15 is 0 Å². The van der Waals surface area contributed by atoms with Crippen LogP contribution >= 0.6 is 0 Å². The Bertz CT molecular complexity index is 819. The molecule has 0 radical (unpaired) electrons. The molecule has 2 aromatic rings. The number of fused-ring (bicyclic) bond motifs is 1. The Morgan fingerprint density at radius 1 is 1.38 bits per heavy atom. The minimum absolute atomic E-state index is 0.000495. The van der Waals surface area contributed by atoms with Gasteiger partial charge in [-0.15, -0.1) is 0 Å². The van der Waals surface area contributed by atoms with Crippen LogP contribution in [0.25, 0.3) is 0 Å². The molecule has 0 aliphatic carbocycles. The highest BCUT2D eigenvalue weighted by Crippen LogP contribution is 2.28. The Morgan fingerprint density at radius 3 is 2.92 bits per heavy atom. The van der Waals surface area contributed by atoms with Gasteiger partial charge in [0.25, 0.3) is 0 Å². The second-order valence-corrected chi connectivity index (χ2v) is 5.85. The van der Waals surface area contributed by atoms with Gasteiger partial charge in [-0.1, -0.05) is 0 Å². The fraction of sp³-hybridized carbons (Fsp3) is 0.333. The second kappa shape index (κ2) is 7.55. The van der Waals surface area contributed by atoms with Gasteiger partial charge in [-0.3, -0.25) is 9.59 Å². The van der Waals surface area contributed by atoms with Crippen LogP contribution < -0.4 is 14.8 Å². The number of alkyl halides is 2. The SMILES string of the molecule is COc1ccc(OC(F)F)c(CNC(=O)C2CCC(=O)c3cccn32)c1. The monoisotopic (exact) mass is 364 g/mol. The predicted octanol–water partition coefficient (Wildman–Crippen LogP) is 2.93. The second-order valence-electron chi connectivity index (χ2n) is 5.85. The number of hydrogen-bond acceptors (Lipinski definition) is 4. The molecule has 1 aromatic carbocycles. The summed E-state index contributed by atoms with van der Waals surface area (Å²) < 4.78 is 36.3. The molecular weight excluding hydrogens is 346 g/mol. The molecule has 6 nitrogen and oxygen atoms in total. The van der Waals surface area contributed by atoms with Gasteiger partial charge in [0.2, 0.25) is 5.91 Å². The topological polar surface area (TPSA) is 69.6 Å². The first kappa shape index (κ1) is 17.9. The third-order valence-electron chi connectivity index (χ3n) is 4.28. The van der Waals surface area contributed by atoms with Gasteiger partial charge in [-0.2, -0.15) is 8.78 Å². The number of halogens is 2. The van der Waals surface area contributed by atoms with Crippen LogP contribution in [-0.4, -0.2) is 30.0 Å². The molecule has 8 heteroatoms. The largest absolute Gasteiger partial charge is 0.497 e. The van der Waals surface area contributed by atoms with Gasteiger partial charge in [-0.25, -0.2) is 0 Å². The summed E-state index contributed by atoms with van der Waals surface area (Å²) in [6, 6.07) is 7.29. The van der Waals surface area contributed by atoms with E-state index in [-0.39, 0.29) is 24.0 Å². The predicted molar refractivity (Wildman–Crippen MR) is 88.5 cm³/mol. The molecule has 1 aliphatic rings.